The summed E-state index contributed by atoms with van der Waals surface area (Å²) in [5.41, 5.74) is 0. The molecular weight excluding hydrogens is 839 g/mol. The first kappa shape index (κ1) is 66.3. The summed E-state index contributed by atoms with van der Waals surface area (Å²) in [6.45, 7) is 4.91. The number of esters is 1. The zero-order valence-corrected chi connectivity index (χ0v) is 45.9. The fourth-order valence-electron chi connectivity index (χ4n) is 9.51. The molecule has 1 amide bonds. The van der Waals surface area contributed by atoms with E-state index in [4.69, 9.17) is 4.74 Å². The number of ether oxygens (including phenoxy) is 1. The third-order valence-corrected chi connectivity index (χ3v) is 14.2. The van der Waals surface area contributed by atoms with E-state index >= 15 is 0 Å². The Morgan fingerprint density at radius 3 is 1.04 bits per heavy atom. The van der Waals surface area contributed by atoms with Crippen LogP contribution < -0.4 is 5.32 Å². The highest BCUT2D eigenvalue weighted by Gasteiger charge is 2.18. The van der Waals surface area contributed by atoms with Crippen molar-refractivity contribution in [2.45, 2.75) is 347 Å². The summed E-state index contributed by atoms with van der Waals surface area (Å²) in [6.07, 6.45) is 70.6. The normalized spacial score (nSPS) is 12.7. The number of hydrogen-bond acceptors (Lipinski definition) is 5. The largest absolute Gasteiger partial charge is 0.466 e. The van der Waals surface area contributed by atoms with Crippen LogP contribution in [0.4, 0.5) is 0 Å². The molecule has 0 heterocycles. The van der Waals surface area contributed by atoms with Gasteiger partial charge in [0.25, 0.3) is 0 Å². The van der Waals surface area contributed by atoms with Crippen molar-refractivity contribution in [1.29, 1.82) is 0 Å². The van der Waals surface area contributed by atoms with Gasteiger partial charge in [0.2, 0.25) is 5.91 Å². The molecule has 0 aromatic heterocycles. The van der Waals surface area contributed by atoms with E-state index in [1.54, 1.807) is 6.08 Å². The Morgan fingerprint density at radius 1 is 0.397 bits per heavy atom. The van der Waals surface area contributed by atoms with Gasteiger partial charge in [-0.25, -0.2) is 0 Å². The van der Waals surface area contributed by atoms with Crippen molar-refractivity contribution >= 4 is 11.9 Å². The number of allylic oxidation sites excluding steroid dienone is 3. The van der Waals surface area contributed by atoms with Gasteiger partial charge in [-0.3, -0.25) is 9.59 Å². The van der Waals surface area contributed by atoms with E-state index in [-0.39, 0.29) is 18.5 Å². The lowest BCUT2D eigenvalue weighted by Gasteiger charge is -2.20. The average Bonchev–Trinajstić information content (AvgIpc) is 3.34. The zero-order valence-electron chi connectivity index (χ0n) is 45.9. The number of carbonyl (C=O) groups is 2. The Morgan fingerprint density at radius 2 is 0.691 bits per heavy atom. The van der Waals surface area contributed by atoms with Crippen LogP contribution in [0, 0.1) is 0 Å². The lowest BCUT2D eigenvalue weighted by atomic mass is 10.0. The SMILES string of the molecule is CCCCCCC/C=C\CCCCCCCC(=O)OCCCCCCCCCCCCCCCCCCCCCCC(=O)NC(CO)C(O)/C=C/CCCCCCCCCCCCCCCCC. The summed E-state index contributed by atoms with van der Waals surface area (Å²) < 4.78 is 5.48. The molecule has 0 aliphatic carbocycles. The molecule has 0 aromatic carbocycles. The van der Waals surface area contributed by atoms with Crippen LogP contribution in [0.1, 0.15) is 335 Å². The molecule has 0 radical (unpaired) electrons. The van der Waals surface area contributed by atoms with Crippen molar-refractivity contribution in [3.05, 3.63) is 24.3 Å². The Bertz CT molecular complexity index is 1060. The third-order valence-electron chi connectivity index (χ3n) is 14.2. The number of carbonyl (C=O) groups excluding carboxylic acids is 2. The summed E-state index contributed by atoms with van der Waals surface area (Å²) in [6, 6.07) is -0.629. The number of aliphatic hydroxyl groups is 2. The second-order valence-electron chi connectivity index (χ2n) is 21.0. The van der Waals surface area contributed by atoms with Gasteiger partial charge < -0.3 is 20.3 Å². The molecule has 0 rings (SSSR count). The van der Waals surface area contributed by atoms with Crippen LogP contribution in [0.2, 0.25) is 0 Å². The number of unbranched alkanes of at least 4 members (excludes halogenated alkanes) is 44. The molecule has 0 saturated carbocycles. The minimum absolute atomic E-state index is 0.00172. The molecule has 6 heteroatoms. The van der Waals surface area contributed by atoms with E-state index in [1.165, 1.54) is 263 Å². The zero-order chi connectivity index (χ0) is 49.3. The average molecular weight is 959 g/mol. The topological polar surface area (TPSA) is 95.9 Å². The van der Waals surface area contributed by atoms with E-state index in [1.807, 2.05) is 6.08 Å². The highest BCUT2D eigenvalue weighted by atomic mass is 16.5. The van der Waals surface area contributed by atoms with E-state index in [0.717, 1.165) is 44.9 Å². The number of nitrogens with one attached hydrogen (secondary N) is 1. The summed E-state index contributed by atoms with van der Waals surface area (Å²) in [5, 5.41) is 23.2. The van der Waals surface area contributed by atoms with Crippen LogP contribution >= 0.6 is 0 Å². The number of amides is 1. The molecule has 6 nitrogen and oxygen atoms in total. The number of hydrogen-bond donors (Lipinski definition) is 3. The summed E-state index contributed by atoms with van der Waals surface area (Å²) >= 11 is 0. The Hall–Kier alpha value is -1.66. The monoisotopic (exact) mass is 958 g/mol. The van der Waals surface area contributed by atoms with Gasteiger partial charge in [0.15, 0.2) is 0 Å². The highest BCUT2D eigenvalue weighted by molar-refractivity contribution is 5.76. The maximum atomic E-state index is 12.5. The number of aliphatic hydroxyl groups excluding tert-OH is 2. The van der Waals surface area contributed by atoms with Crippen molar-refractivity contribution in [2.75, 3.05) is 13.2 Å². The molecule has 2 atom stereocenters. The highest BCUT2D eigenvalue weighted by Crippen LogP contribution is 2.17. The Kier molecular flexibility index (Phi) is 56.5. The minimum Gasteiger partial charge on any atom is -0.466 e. The first-order valence-electron chi connectivity index (χ1n) is 30.6. The van der Waals surface area contributed by atoms with Crippen LogP contribution in [0.15, 0.2) is 24.3 Å². The van der Waals surface area contributed by atoms with Gasteiger partial charge in [0.1, 0.15) is 0 Å². The fraction of sp³-hybridized carbons (Fsp3) is 0.903. The van der Waals surface area contributed by atoms with Gasteiger partial charge in [-0.05, 0) is 57.8 Å². The molecule has 0 aliphatic rings. The quantitative estimate of drug-likeness (QED) is 0.0321. The van der Waals surface area contributed by atoms with Crippen molar-refractivity contribution in [3.63, 3.8) is 0 Å². The lowest BCUT2D eigenvalue weighted by molar-refractivity contribution is -0.143. The molecule has 402 valence electrons. The van der Waals surface area contributed by atoms with Crippen molar-refractivity contribution in [3.8, 4) is 0 Å². The molecule has 0 bridgehead atoms. The van der Waals surface area contributed by atoms with Crippen LogP contribution in [-0.2, 0) is 14.3 Å². The maximum absolute atomic E-state index is 12.5. The predicted molar refractivity (Wildman–Crippen MR) is 296 cm³/mol. The smallest absolute Gasteiger partial charge is 0.305 e. The van der Waals surface area contributed by atoms with Gasteiger partial charge in [-0.2, -0.15) is 0 Å². The van der Waals surface area contributed by atoms with Gasteiger partial charge in [-0.1, -0.05) is 289 Å². The second kappa shape index (κ2) is 57.9. The molecule has 3 N–H and O–H groups in total. The van der Waals surface area contributed by atoms with Gasteiger partial charge in [-0.15, -0.1) is 0 Å². The van der Waals surface area contributed by atoms with Gasteiger partial charge >= 0.3 is 5.97 Å². The second-order valence-corrected chi connectivity index (χ2v) is 21.0. The maximum Gasteiger partial charge on any atom is 0.305 e. The molecular formula is C62H119NO5. The molecule has 0 fully saturated rings. The van der Waals surface area contributed by atoms with Crippen LogP contribution in [0.5, 0.6) is 0 Å². The van der Waals surface area contributed by atoms with Crippen molar-refractivity contribution in [1.82, 2.24) is 5.32 Å². The Balaban J connectivity index is 3.42. The van der Waals surface area contributed by atoms with Crippen LogP contribution in [0.25, 0.3) is 0 Å². The third kappa shape index (κ3) is 53.7. The molecule has 0 aliphatic heterocycles. The summed E-state index contributed by atoms with van der Waals surface area (Å²) in [5.74, 6) is -0.0660. The van der Waals surface area contributed by atoms with Crippen molar-refractivity contribution in [2.24, 2.45) is 0 Å². The van der Waals surface area contributed by atoms with E-state index in [9.17, 15) is 19.8 Å². The van der Waals surface area contributed by atoms with E-state index in [2.05, 4.69) is 31.3 Å². The van der Waals surface area contributed by atoms with E-state index in [0.29, 0.717) is 19.4 Å². The summed E-state index contributed by atoms with van der Waals surface area (Å²) in [7, 11) is 0. The van der Waals surface area contributed by atoms with Gasteiger partial charge in [0, 0.05) is 12.8 Å². The molecule has 2 unspecified atom stereocenters. The molecule has 68 heavy (non-hydrogen) atoms. The first-order chi connectivity index (χ1) is 33.5. The number of rotatable bonds is 57. The molecule has 0 aromatic rings. The fourth-order valence-corrected chi connectivity index (χ4v) is 9.51. The van der Waals surface area contributed by atoms with Crippen LogP contribution in [0.3, 0.4) is 0 Å². The Labute approximate surface area is 424 Å². The van der Waals surface area contributed by atoms with Gasteiger partial charge in [0.05, 0.1) is 25.4 Å². The van der Waals surface area contributed by atoms with Crippen molar-refractivity contribution < 1.29 is 24.5 Å². The first-order valence-corrected chi connectivity index (χ1v) is 30.6. The molecule has 0 saturated heterocycles. The molecule has 0 spiro atoms. The summed E-state index contributed by atoms with van der Waals surface area (Å²) in [4.78, 5) is 24.5. The lowest BCUT2D eigenvalue weighted by Crippen LogP contribution is -2.45. The predicted octanol–water partition coefficient (Wildman–Crippen LogP) is 19.0. The standard InChI is InChI=1S/C62H119NO5/c1-3-5-7-9-11-13-15-17-19-24-27-30-34-38-42-46-50-54-60(65)59(58-64)63-61(66)55-51-47-43-39-35-31-28-25-22-20-21-23-26-29-33-37-41-45-49-53-57-68-62(67)56-52-48-44-40-36-32-18-16-14-12-10-8-6-4-2/h16,18,50,54,59-60,64-65H,3-15,17,19-49,51-53,55-58H2,1-2H3,(H,63,66)/b18-16-,54-50+. The van der Waals surface area contributed by atoms with E-state index < -0.39 is 12.1 Å². The minimum atomic E-state index is -0.846. The van der Waals surface area contributed by atoms with Crippen LogP contribution in [-0.4, -0.2) is 47.4 Å².